The summed E-state index contributed by atoms with van der Waals surface area (Å²) in [4.78, 5) is 0. The fourth-order valence-corrected chi connectivity index (χ4v) is 2.97. The number of thioether (sulfide) groups is 1. The van der Waals surface area contributed by atoms with Crippen molar-refractivity contribution in [3.05, 3.63) is 0 Å². The van der Waals surface area contributed by atoms with Crippen molar-refractivity contribution in [3.8, 4) is 0 Å². The Hall–Kier alpha value is 0.700. The molecule has 1 aliphatic heterocycles. The summed E-state index contributed by atoms with van der Waals surface area (Å²) in [6.45, 7) is 0. The van der Waals surface area contributed by atoms with Gasteiger partial charge in [0.2, 0.25) is 0 Å². The van der Waals surface area contributed by atoms with Gasteiger partial charge in [0.25, 0.3) is 0 Å². The molecular weight excluding hydrogens is 112 g/mol. The molecule has 0 unspecified atom stereocenters. The highest BCUT2D eigenvalue weighted by Crippen LogP contribution is 2.04. The molecule has 0 aliphatic carbocycles. The molecular formula is C4H9S2+. The van der Waals surface area contributed by atoms with Crippen LogP contribution in [-0.4, -0.2) is 23.0 Å². The van der Waals surface area contributed by atoms with Crippen LogP contribution in [0.5, 0.6) is 0 Å². The molecule has 0 amide bonds. The minimum absolute atomic E-state index is 1.40. The molecule has 0 N–H and O–H groups in total. The van der Waals surface area contributed by atoms with Gasteiger partial charge in [0.05, 0.1) is 0 Å². The molecule has 0 saturated carbocycles. The molecule has 36 valence electrons. The summed E-state index contributed by atoms with van der Waals surface area (Å²) in [5.41, 5.74) is 0. The first-order valence-electron chi connectivity index (χ1n) is 2.21. The maximum Gasteiger partial charge on any atom is 0.114 e. The summed E-state index contributed by atoms with van der Waals surface area (Å²) in [5.74, 6) is 5.68. The highest BCUT2D eigenvalue weighted by molar-refractivity contribution is 8.01. The zero-order valence-electron chi connectivity index (χ0n) is 3.68. The van der Waals surface area contributed by atoms with Crippen LogP contribution in [0.15, 0.2) is 0 Å². The van der Waals surface area contributed by atoms with Crippen LogP contribution in [0.3, 0.4) is 0 Å². The van der Waals surface area contributed by atoms with Crippen LogP contribution >= 0.6 is 11.8 Å². The zero-order valence-corrected chi connectivity index (χ0v) is 5.39. The molecule has 2 heteroatoms. The Balaban J connectivity index is 2.00. The van der Waals surface area contributed by atoms with E-state index >= 15 is 0 Å². The molecule has 1 fully saturated rings. The minimum atomic E-state index is 1.40. The second-order valence-corrected chi connectivity index (χ2v) is 3.85. The van der Waals surface area contributed by atoms with E-state index in [9.17, 15) is 0 Å². The van der Waals surface area contributed by atoms with Gasteiger partial charge in [-0.25, -0.2) is 0 Å². The van der Waals surface area contributed by atoms with Crippen LogP contribution in [0, 0.1) is 0 Å². The lowest BCUT2D eigenvalue weighted by molar-refractivity contribution is 1.42. The molecule has 1 rings (SSSR count). The van der Waals surface area contributed by atoms with Gasteiger partial charge in [-0.3, -0.25) is 0 Å². The van der Waals surface area contributed by atoms with Gasteiger partial charge in [0, 0.05) is 11.5 Å². The van der Waals surface area contributed by atoms with Crippen LogP contribution < -0.4 is 0 Å². The normalized spacial score (nSPS) is 24.0. The lowest BCUT2D eigenvalue weighted by Gasteiger charge is -1.98. The van der Waals surface area contributed by atoms with Crippen molar-refractivity contribution in [2.75, 3.05) is 23.0 Å². The summed E-state index contributed by atoms with van der Waals surface area (Å²) in [5, 5.41) is 0. The summed E-state index contributed by atoms with van der Waals surface area (Å²) < 4.78 is 0. The van der Waals surface area contributed by atoms with Crippen LogP contribution in [0.4, 0.5) is 0 Å². The van der Waals surface area contributed by atoms with E-state index in [4.69, 9.17) is 0 Å². The first kappa shape index (κ1) is 4.85. The Kier molecular flexibility index (Phi) is 2.27. The molecule has 0 spiro atoms. The van der Waals surface area contributed by atoms with Crippen molar-refractivity contribution in [1.82, 2.24) is 0 Å². The number of hydrogen-bond acceptors (Lipinski definition) is 1. The molecule has 0 aromatic heterocycles. The zero-order chi connectivity index (χ0) is 4.24. The molecule has 0 nitrogen and oxygen atoms in total. The van der Waals surface area contributed by atoms with Crippen LogP contribution in [0.2, 0.25) is 0 Å². The number of thiol groups is 1. The van der Waals surface area contributed by atoms with E-state index < -0.39 is 0 Å². The van der Waals surface area contributed by atoms with Gasteiger partial charge in [-0.1, -0.05) is 0 Å². The highest BCUT2D eigenvalue weighted by atomic mass is 32.2. The predicted octanol–water partition coefficient (Wildman–Crippen LogP) is 0.548. The molecule has 6 heavy (non-hydrogen) atoms. The maximum absolute atomic E-state index is 2.09. The lowest BCUT2D eigenvalue weighted by Crippen LogP contribution is -2.06. The summed E-state index contributed by atoms with van der Waals surface area (Å²) in [6, 6.07) is 0. The Bertz CT molecular complexity index is 21.0. The van der Waals surface area contributed by atoms with Crippen molar-refractivity contribution in [3.63, 3.8) is 0 Å². The minimum Gasteiger partial charge on any atom is -0.152 e. The third-order valence-corrected chi connectivity index (χ3v) is 3.46. The Labute approximate surface area is 47.1 Å². The standard InChI is InChI=1S/C4H8S2/c1-2-6-4-3-5-1/h1-4H2/p+1. The van der Waals surface area contributed by atoms with E-state index in [1.807, 2.05) is 0 Å². The van der Waals surface area contributed by atoms with Gasteiger partial charge >= 0.3 is 0 Å². The average Bonchev–Trinajstić information content (AvgIpc) is 1.72. The van der Waals surface area contributed by atoms with Crippen molar-refractivity contribution in [2.45, 2.75) is 0 Å². The van der Waals surface area contributed by atoms with Gasteiger partial charge in [-0.05, 0) is 11.8 Å². The molecule has 0 aromatic rings. The first-order valence-corrected chi connectivity index (χ1v) is 4.63. The quantitative estimate of drug-likeness (QED) is 0.333. The topological polar surface area (TPSA) is 0 Å². The van der Waals surface area contributed by atoms with E-state index in [1.54, 1.807) is 11.8 Å². The molecule has 0 aromatic carbocycles. The molecule has 1 heterocycles. The van der Waals surface area contributed by atoms with Crippen LogP contribution in [-0.2, 0) is 11.8 Å². The SMILES string of the molecule is C1C[SH+]CCS1. The summed E-state index contributed by atoms with van der Waals surface area (Å²) in [7, 11) is 0. The van der Waals surface area contributed by atoms with Crippen LogP contribution in [0.25, 0.3) is 0 Å². The van der Waals surface area contributed by atoms with E-state index in [-0.39, 0.29) is 0 Å². The fourth-order valence-electron chi connectivity index (χ4n) is 0.472. The summed E-state index contributed by atoms with van der Waals surface area (Å²) in [6.07, 6.45) is 0. The smallest absolute Gasteiger partial charge is 0.114 e. The van der Waals surface area contributed by atoms with Crippen molar-refractivity contribution >= 4 is 23.5 Å². The fraction of sp³-hybridized carbons (Fsp3) is 1.00. The van der Waals surface area contributed by atoms with E-state index in [0.717, 1.165) is 0 Å². The molecule has 0 bridgehead atoms. The van der Waals surface area contributed by atoms with E-state index in [0.29, 0.717) is 0 Å². The van der Waals surface area contributed by atoms with Gasteiger partial charge in [-0.15, -0.1) is 0 Å². The molecule has 0 atom stereocenters. The van der Waals surface area contributed by atoms with Crippen molar-refractivity contribution in [2.24, 2.45) is 0 Å². The summed E-state index contributed by atoms with van der Waals surface area (Å²) >= 11 is 3.77. The highest BCUT2D eigenvalue weighted by Gasteiger charge is 2.03. The van der Waals surface area contributed by atoms with E-state index in [1.165, 1.54) is 23.0 Å². The second kappa shape index (κ2) is 2.80. The van der Waals surface area contributed by atoms with Gasteiger partial charge in [0.1, 0.15) is 11.5 Å². The van der Waals surface area contributed by atoms with E-state index in [2.05, 4.69) is 11.8 Å². The van der Waals surface area contributed by atoms with Gasteiger partial charge < -0.3 is 0 Å². The van der Waals surface area contributed by atoms with Crippen LogP contribution in [0.1, 0.15) is 0 Å². The third-order valence-electron chi connectivity index (χ3n) is 0.787. The van der Waals surface area contributed by atoms with Crippen molar-refractivity contribution in [1.29, 1.82) is 0 Å². The first-order chi connectivity index (χ1) is 3.00. The van der Waals surface area contributed by atoms with Gasteiger partial charge in [-0.2, -0.15) is 11.8 Å². The number of rotatable bonds is 0. The Morgan fingerprint density at radius 3 is 2.00 bits per heavy atom. The van der Waals surface area contributed by atoms with Gasteiger partial charge in [0.15, 0.2) is 0 Å². The van der Waals surface area contributed by atoms with Crippen molar-refractivity contribution < 1.29 is 0 Å². The lowest BCUT2D eigenvalue weighted by atomic mass is 10.9. The Morgan fingerprint density at radius 1 is 1.17 bits per heavy atom. The molecule has 1 saturated heterocycles. The third kappa shape index (κ3) is 1.43. The maximum atomic E-state index is 2.09. The Morgan fingerprint density at radius 2 is 1.83 bits per heavy atom. The molecule has 1 aliphatic rings. The monoisotopic (exact) mass is 121 g/mol. The predicted molar refractivity (Wildman–Crippen MR) is 35.8 cm³/mol. The largest absolute Gasteiger partial charge is 0.152 e. The number of hydrogen-bond donors (Lipinski definition) is 0. The average molecular weight is 121 g/mol. The second-order valence-electron chi connectivity index (χ2n) is 1.28. The molecule has 0 radical (unpaired) electrons.